The second kappa shape index (κ2) is 7.24. The maximum atomic E-state index is 11.5. The van der Waals surface area contributed by atoms with E-state index in [9.17, 15) is 9.59 Å². The van der Waals surface area contributed by atoms with Gasteiger partial charge in [-0.25, -0.2) is 0 Å². The van der Waals surface area contributed by atoms with Crippen LogP contribution in [0.1, 0.15) is 0 Å². The molecule has 6 heteroatoms. The van der Waals surface area contributed by atoms with E-state index in [-0.39, 0.29) is 17.4 Å². The van der Waals surface area contributed by atoms with E-state index in [2.05, 4.69) is 5.32 Å². The number of rotatable bonds is 6. The monoisotopic (exact) mass is 271 g/mol. The summed E-state index contributed by atoms with van der Waals surface area (Å²) in [4.78, 5) is 22.8. The summed E-state index contributed by atoms with van der Waals surface area (Å²) in [6.45, 7) is 0. The summed E-state index contributed by atoms with van der Waals surface area (Å²) in [6, 6.07) is 7.50. The van der Waals surface area contributed by atoms with Gasteiger partial charge in [-0.15, -0.1) is 23.5 Å². The minimum absolute atomic E-state index is 0.0579. The average Bonchev–Trinajstić information content (AvgIpc) is 2.29. The van der Waals surface area contributed by atoms with E-state index >= 15 is 0 Å². The number of carbonyl (C=O) groups is 2. The van der Waals surface area contributed by atoms with Crippen molar-refractivity contribution in [2.75, 3.05) is 23.1 Å². The molecule has 1 aromatic carbocycles. The van der Waals surface area contributed by atoms with Crippen LogP contribution in [0.15, 0.2) is 29.2 Å². The van der Waals surface area contributed by atoms with Crippen molar-refractivity contribution in [2.24, 2.45) is 0 Å². The van der Waals surface area contributed by atoms with Gasteiger partial charge >= 0.3 is 5.97 Å². The van der Waals surface area contributed by atoms with Crippen molar-refractivity contribution in [3.05, 3.63) is 24.3 Å². The van der Waals surface area contributed by atoms with Crippen LogP contribution >= 0.6 is 23.5 Å². The number of hydrogen-bond acceptors (Lipinski definition) is 4. The number of nitrogens with one attached hydrogen (secondary N) is 1. The lowest BCUT2D eigenvalue weighted by Gasteiger charge is -2.08. The van der Waals surface area contributed by atoms with Crippen LogP contribution in [0, 0.1) is 0 Å². The zero-order chi connectivity index (χ0) is 12.7. The van der Waals surface area contributed by atoms with Gasteiger partial charge in [0.05, 0.1) is 17.2 Å². The van der Waals surface area contributed by atoms with Crippen molar-refractivity contribution in [3.8, 4) is 0 Å². The number of hydrogen-bond donors (Lipinski definition) is 2. The molecule has 0 aromatic heterocycles. The number of amides is 1. The third kappa shape index (κ3) is 5.14. The van der Waals surface area contributed by atoms with Crippen molar-refractivity contribution in [2.45, 2.75) is 4.90 Å². The smallest absolute Gasteiger partial charge is 0.313 e. The highest BCUT2D eigenvalue weighted by molar-refractivity contribution is 8.00. The van der Waals surface area contributed by atoms with Gasteiger partial charge in [0.15, 0.2) is 0 Å². The number of carbonyl (C=O) groups excluding carboxylic acids is 1. The Morgan fingerprint density at radius 2 is 2.00 bits per heavy atom. The molecule has 0 aliphatic heterocycles. The van der Waals surface area contributed by atoms with Crippen LogP contribution in [0.25, 0.3) is 0 Å². The van der Waals surface area contributed by atoms with E-state index in [0.29, 0.717) is 0 Å². The van der Waals surface area contributed by atoms with Gasteiger partial charge in [-0.05, 0) is 18.4 Å². The lowest BCUT2D eigenvalue weighted by Crippen LogP contribution is -2.15. The Bertz CT molecular complexity index is 409. The Morgan fingerprint density at radius 1 is 1.29 bits per heavy atom. The average molecular weight is 271 g/mol. The van der Waals surface area contributed by atoms with Crippen LogP contribution in [0.3, 0.4) is 0 Å². The van der Waals surface area contributed by atoms with Gasteiger partial charge in [-0.3, -0.25) is 9.59 Å². The molecule has 92 valence electrons. The molecule has 0 bridgehead atoms. The molecule has 0 unspecified atom stereocenters. The molecule has 0 aliphatic rings. The number of aliphatic carboxylic acids is 1. The lowest BCUT2D eigenvalue weighted by molar-refractivity contribution is -0.133. The fourth-order valence-electron chi connectivity index (χ4n) is 1.17. The van der Waals surface area contributed by atoms with Gasteiger partial charge < -0.3 is 10.4 Å². The van der Waals surface area contributed by atoms with Gasteiger partial charge in [0.25, 0.3) is 0 Å². The van der Waals surface area contributed by atoms with E-state index in [0.717, 1.165) is 22.3 Å². The molecule has 1 amide bonds. The molecular weight excluding hydrogens is 258 g/mol. The first-order valence-electron chi connectivity index (χ1n) is 4.86. The number of para-hydroxylation sites is 1. The van der Waals surface area contributed by atoms with Crippen LogP contribution in [-0.2, 0) is 9.59 Å². The number of thioether (sulfide) groups is 2. The van der Waals surface area contributed by atoms with Crippen molar-refractivity contribution >= 4 is 41.1 Å². The van der Waals surface area contributed by atoms with Crippen LogP contribution in [0.2, 0.25) is 0 Å². The Kier molecular flexibility index (Phi) is 5.93. The molecule has 0 heterocycles. The van der Waals surface area contributed by atoms with E-state index in [4.69, 9.17) is 5.11 Å². The second-order valence-electron chi connectivity index (χ2n) is 3.13. The molecule has 2 N–H and O–H groups in total. The Morgan fingerprint density at radius 3 is 2.65 bits per heavy atom. The van der Waals surface area contributed by atoms with Crippen LogP contribution in [0.4, 0.5) is 5.69 Å². The molecular formula is C11H13NO3S2. The normalized spacial score (nSPS) is 9.94. The summed E-state index contributed by atoms with van der Waals surface area (Å²) in [5, 5.41) is 11.2. The Balaban J connectivity index is 2.47. The number of benzene rings is 1. The van der Waals surface area contributed by atoms with E-state index in [1.165, 1.54) is 0 Å². The molecule has 0 atom stereocenters. The molecule has 0 spiro atoms. The summed E-state index contributed by atoms with van der Waals surface area (Å²) >= 11 is 2.63. The Labute approximate surface area is 108 Å². The van der Waals surface area contributed by atoms with Gasteiger partial charge in [0.1, 0.15) is 0 Å². The summed E-state index contributed by atoms with van der Waals surface area (Å²) in [5.74, 6) is -1.00. The maximum absolute atomic E-state index is 11.5. The molecule has 0 saturated heterocycles. The molecule has 17 heavy (non-hydrogen) atoms. The fourth-order valence-corrected chi connectivity index (χ4v) is 2.25. The van der Waals surface area contributed by atoms with Crippen LogP contribution in [0.5, 0.6) is 0 Å². The van der Waals surface area contributed by atoms with Gasteiger partial charge in [0.2, 0.25) is 5.91 Å². The first-order chi connectivity index (χ1) is 8.13. The third-order valence-corrected chi connectivity index (χ3v) is 3.55. The first kappa shape index (κ1) is 13.9. The lowest BCUT2D eigenvalue weighted by atomic mass is 10.3. The fraction of sp³-hybridized carbons (Fsp3) is 0.273. The van der Waals surface area contributed by atoms with Crippen LogP contribution < -0.4 is 5.32 Å². The summed E-state index contributed by atoms with van der Waals surface area (Å²) in [6.07, 6.45) is 1.93. The predicted molar refractivity (Wildman–Crippen MR) is 71.8 cm³/mol. The van der Waals surface area contributed by atoms with Crippen molar-refractivity contribution in [1.82, 2.24) is 0 Å². The van der Waals surface area contributed by atoms with E-state index < -0.39 is 5.97 Å². The topological polar surface area (TPSA) is 66.4 Å². The van der Waals surface area contributed by atoms with Crippen molar-refractivity contribution < 1.29 is 14.7 Å². The molecule has 1 aromatic rings. The summed E-state index contributed by atoms with van der Waals surface area (Å²) in [7, 11) is 0. The zero-order valence-corrected chi connectivity index (χ0v) is 10.9. The highest BCUT2D eigenvalue weighted by Crippen LogP contribution is 2.24. The molecule has 0 saturated carbocycles. The molecule has 0 radical (unpaired) electrons. The van der Waals surface area contributed by atoms with Crippen molar-refractivity contribution in [1.29, 1.82) is 0 Å². The molecule has 0 aliphatic carbocycles. The third-order valence-electron chi connectivity index (χ3n) is 1.84. The highest BCUT2D eigenvalue weighted by atomic mass is 32.2. The summed E-state index contributed by atoms with van der Waals surface area (Å²) < 4.78 is 0. The van der Waals surface area contributed by atoms with Gasteiger partial charge in [-0.1, -0.05) is 12.1 Å². The maximum Gasteiger partial charge on any atom is 0.313 e. The number of carboxylic acid groups (broad SMARTS) is 1. The van der Waals surface area contributed by atoms with Crippen molar-refractivity contribution in [3.63, 3.8) is 0 Å². The Hall–Kier alpha value is -1.14. The van der Waals surface area contributed by atoms with E-state index in [1.54, 1.807) is 11.8 Å². The highest BCUT2D eigenvalue weighted by Gasteiger charge is 2.07. The van der Waals surface area contributed by atoms with Gasteiger partial charge in [-0.2, -0.15) is 0 Å². The molecule has 0 fully saturated rings. The van der Waals surface area contributed by atoms with Gasteiger partial charge in [0, 0.05) is 4.90 Å². The minimum atomic E-state index is -0.910. The number of carboxylic acids is 1. The standard InChI is InChI=1S/C11H13NO3S2/c1-16-9-5-3-2-4-8(9)12-10(13)6-17-7-11(14)15/h2-5H,6-7H2,1H3,(H,12,13)(H,14,15). The van der Waals surface area contributed by atoms with E-state index in [1.807, 2.05) is 30.5 Å². The SMILES string of the molecule is CSc1ccccc1NC(=O)CSCC(=O)O. The molecule has 4 nitrogen and oxygen atoms in total. The zero-order valence-electron chi connectivity index (χ0n) is 9.30. The second-order valence-corrected chi connectivity index (χ2v) is 4.97. The quantitative estimate of drug-likeness (QED) is 0.776. The summed E-state index contributed by atoms with van der Waals surface area (Å²) in [5.41, 5.74) is 0.765. The molecule has 1 rings (SSSR count). The largest absolute Gasteiger partial charge is 0.481 e. The minimum Gasteiger partial charge on any atom is -0.481 e. The number of anilines is 1. The first-order valence-corrected chi connectivity index (χ1v) is 7.24. The van der Waals surface area contributed by atoms with Crippen LogP contribution in [-0.4, -0.2) is 34.7 Å². The predicted octanol–water partition coefficient (Wildman–Crippen LogP) is 2.16.